The van der Waals surface area contributed by atoms with E-state index < -0.39 is 0 Å². The Morgan fingerprint density at radius 3 is 2.69 bits per heavy atom. The highest BCUT2D eigenvalue weighted by Crippen LogP contribution is 2.62. The largest absolute Gasteiger partial charge is 0.377 e. The van der Waals surface area contributed by atoms with Crippen molar-refractivity contribution in [3.05, 3.63) is 0 Å². The van der Waals surface area contributed by atoms with Crippen LogP contribution in [-0.2, 0) is 4.74 Å². The fourth-order valence-corrected chi connectivity index (χ4v) is 5.01. The zero-order valence-electron chi connectivity index (χ0n) is 7.97. The Morgan fingerprint density at radius 2 is 1.92 bits per heavy atom. The molecule has 0 unspecified atom stereocenters. The lowest BCUT2D eigenvalue weighted by molar-refractivity contribution is -0.172. The standard InChI is InChI=1S/C11H17BrO/c12-9-8-4-3-7-13-10(8)11(9)5-1-2-6-11/h8-10H,1-7H2/t8-,9-,10+/m1/s1. The second kappa shape index (κ2) is 2.96. The third-order valence-corrected chi connectivity index (χ3v) is 5.99. The molecule has 74 valence electrons. The minimum Gasteiger partial charge on any atom is -0.377 e. The highest BCUT2D eigenvalue weighted by Gasteiger charge is 2.62. The van der Waals surface area contributed by atoms with Crippen molar-refractivity contribution in [2.75, 3.05) is 6.61 Å². The Labute approximate surface area is 88.4 Å². The predicted molar refractivity (Wildman–Crippen MR) is 56.1 cm³/mol. The number of alkyl halides is 1. The molecule has 1 nitrogen and oxygen atoms in total. The summed E-state index contributed by atoms with van der Waals surface area (Å²) in [4.78, 5) is 0.771. The maximum absolute atomic E-state index is 5.96. The second-order valence-electron chi connectivity index (χ2n) is 4.94. The van der Waals surface area contributed by atoms with E-state index >= 15 is 0 Å². The van der Waals surface area contributed by atoms with Crippen molar-refractivity contribution in [3.8, 4) is 0 Å². The highest BCUT2D eigenvalue weighted by molar-refractivity contribution is 9.09. The Kier molecular flexibility index (Phi) is 1.99. The van der Waals surface area contributed by atoms with E-state index in [1.807, 2.05) is 0 Å². The predicted octanol–water partition coefficient (Wildman–Crippen LogP) is 3.12. The number of fused-ring (bicyclic) bond motifs is 2. The minimum atomic E-state index is 0.561. The topological polar surface area (TPSA) is 9.23 Å². The Morgan fingerprint density at radius 1 is 1.15 bits per heavy atom. The van der Waals surface area contributed by atoms with Crippen molar-refractivity contribution in [1.82, 2.24) is 0 Å². The van der Waals surface area contributed by atoms with Gasteiger partial charge in [0, 0.05) is 16.8 Å². The molecule has 2 heteroatoms. The van der Waals surface area contributed by atoms with E-state index in [4.69, 9.17) is 4.74 Å². The van der Waals surface area contributed by atoms with E-state index in [1.54, 1.807) is 0 Å². The molecule has 1 saturated heterocycles. The molecule has 0 N–H and O–H groups in total. The summed E-state index contributed by atoms with van der Waals surface area (Å²) >= 11 is 3.91. The van der Waals surface area contributed by atoms with Crippen molar-refractivity contribution in [2.24, 2.45) is 11.3 Å². The highest BCUT2D eigenvalue weighted by atomic mass is 79.9. The molecule has 0 aromatic rings. The van der Waals surface area contributed by atoms with Crippen LogP contribution in [0.25, 0.3) is 0 Å². The van der Waals surface area contributed by atoms with Crippen LogP contribution in [0.1, 0.15) is 38.5 Å². The molecule has 3 atom stereocenters. The van der Waals surface area contributed by atoms with Crippen LogP contribution in [0.4, 0.5) is 0 Å². The molecule has 0 radical (unpaired) electrons. The molecule has 1 spiro atoms. The summed E-state index contributed by atoms with van der Waals surface area (Å²) in [7, 11) is 0. The molecule has 3 rings (SSSR count). The van der Waals surface area contributed by atoms with Crippen LogP contribution in [0.2, 0.25) is 0 Å². The molecule has 0 amide bonds. The first-order valence-electron chi connectivity index (χ1n) is 5.60. The first-order chi connectivity index (χ1) is 6.34. The average Bonchev–Trinajstić information content (AvgIpc) is 2.68. The summed E-state index contributed by atoms with van der Waals surface area (Å²) in [6.07, 6.45) is 8.95. The van der Waals surface area contributed by atoms with Gasteiger partial charge in [-0.15, -0.1) is 0 Å². The van der Waals surface area contributed by atoms with Gasteiger partial charge in [0.2, 0.25) is 0 Å². The maximum Gasteiger partial charge on any atom is 0.0681 e. The normalized spacial score (nSPS) is 47.3. The number of halogens is 1. The van der Waals surface area contributed by atoms with E-state index in [9.17, 15) is 0 Å². The molecule has 0 bridgehead atoms. The second-order valence-corrected chi connectivity index (χ2v) is 5.93. The Hall–Kier alpha value is 0.440. The lowest BCUT2D eigenvalue weighted by atomic mass is 9.56. The van der Waals surface area contributed by atoms with Crippen molar-refractivity contribution in [1.29, 1.82) is 0 Å². The third kappa shape index (κ3) is 1.02. The van der Waals surface area contributed by atoms with Crippen LogP contribution in [0.3, 0.4) is 0 Å². The molecule has 1 heterocycles. The third-order valence-electron chi connectivity index (χ3n) is 4.39. The summed E-state index contributed by atoms with van der Waals surface area (Å²) in [5.74, 6) is 0.840. The first kappa shape index (κ1) is 8.72. The number of ether oxygens (including phenoxy) is 1. The SMILES string of the molecule is Br[C@@H]1[C@H]2CCCO[C@@H]2C12CCCC2. The average molecular weight is 245 g/mol. The molecular weight excluding hydrogens is 228 g/mol. The van der Waals surface area contributed by atoms with Gasteiger partial charge in [0.25, 0.3) is 0 Å². The molecule has 0 aromatic heterocycles. The molecule has 2 saturated carbocycles. The van der Waals surface area contributed by atoms with Crippen molar-refractivity contribution in [2.45, 2.75) is 49.5 Å². The van der Waals surface area contributed by atoms with Gasteiger partial charge in [-0.3, -0.25) is 0 Å². The smallest absolute Gasteiger partial charge is 0.0681 e. The molecule has 3 aliphatic rings. The molecule has 13 heavy (non-hydrogen) atoms. The fourth-order valence-electron chi connectivity index (χ4n) is 3.75. The van der Waals surface area contributed by atoms with Crippen molar-refractivity contribution < 1.29 is 4.74 Å². The maximum atomic E-state index is 5.96. The van der Waals surface area contributed by atoms with Gasteiger partial charge in [-0.05, 0) is 31.6 Å². The van der Waals surface area contributed by atoms with Gasteiger partial charge in [0.1, 0.15) is 0 Å². The van der Waals surface area contributed by atoms with Gasteiger partial charge in [-0.25, -0.2) is 0 Å². The van der Waals surface area contributed by atoms with Crippen LogP contribution >= 0.6 is 15.9 Å². The Bertz CT molecular complexity index is 210. The van der Waals surface area contributed by atoms with Gasteiger partial charge < -0.3 is 4.74 Å². The molecular formula is C11H17BrO. The van der Waals surface area contributed by atoms with Crippen molar-refractivity contribution in [3.63, 3.8) is 0 Å². The number of rotatable bonds is 0. The quantitative estimate of drug-likeness (QED) is 0.596. The van der Waals surface area contributed by atoms with Gasteiger partial charge in [0.05, 0.1) is 6.10 Å². The molecule has 2 aliphatic carbocycles. The minimum absolute atomic E-state index is 0.561. The lowest BCUT2D eigenvalue weighted by Crippen LogP contribution is -2.63. The first-order valence-corrected chi connectivity index (χ1v) is 6.52. The zero-order valence-corrected chi connectivity index (χ0v) is 9.55. The van der Waals surface area contributed by atoms with Crippen LogP contribution in [0.5, 0.6) is 0 Å². The number of hydrogen-bond donors (Lipinski definition) is 0. The van der Waals surface area contributed by atoms with Crippen LogP contribution in [-0.4, -0.2) is 17.5 Å². The summed E-state index contributed by atoms with van der Waals surface area (Å²) in [6, 6.07) is 0. The number of hydrogen-bond acceptors (Lipinski definition) is 1. The Balaban J connectivity index is 1.82. The monoisotopic (exact) mass is 244 g/mol. The summed E-state index contributed by atoms with van der Waals surface area (Å²) < 4.78 is 5.96. The molecule has 3 fully saturated rings. The van der Waals surface area contributed by atoms with Gasteiger partial charge >= 0.3 is 0 Å². The van der Waals surface area contributed by atoms with Gasteiger partial charge in [-0.1, -0.05) is 28.8 Å². The van der Waals surface area contributed by atoms with Crippen molar-refractivity contribution >= 4 is 15.9 Å². The van der Waals surface area contributed by atoms with Gasteiger partial charge in [-0.2, -0.15) is 0 Å². The van der Waals surface area contributed by atoms with E-state index in [0.717, 1.165) is 17.4 Å². The lowest BCUT2D eigenvalue weighted by Gasteiger charge is -2.59. The summed E-state index contributed by atoms with van der Waals surface area (Å²) in [5.41, 5.74) is 0.561. The van der Waals surface area contributed by atoms with Crippen LogP contribution in [0, 0.1) is 11.3 Å². The van der Waals surface area contributed by atoms with Crippen LogP contribution in [0.15, 0.2) is 0 Å². The van der Waals surface area contributed by atoms with Gasteiger partial charge in [0.15, 0.2) is 0 Å². The molecule has 1 aliphatic heterocycles. The molecule has 0 aromatic carbocycles. The fraction of sp³-hybridized carbons (Fsp3) is 1.00. The summed E-state index contributed by atoms with van der Waals surface area (Å²) in [6.45, 7) is 1.02. The zero-order chi connectivity index (χ0) is 8.89. The van der Waals surface area contributed by atoms with Crippen LogP contribution < -0.4 is 0 Å². The van der Waals surface area contributed by atoms with E-state index in [0.29, 0.717) is 11.5 Å². The van der Waals surface area contributed by atoms with E-state index in [1.165, 1.54) is 38.5 Å². The van der Waals surface area contributed by atoms with E-state index in [-0.39, 0.29) is 0 Å². The van der Waals surface area contributed by atoms with E-state index in [2.05, 4.69) is 15.9 Å². The summed E-state index contributed by atoms with van der Waals surface area (Å²) in [5, 5.41) is 0.